The number of anilines is 1. The molecular formula is C14H15ClN2O2S. The summed E-state index contributed by atoms with van der Waals surface area (Å²) in [5.41, 5.74) is 1.31. The number of nitrogens with zero attached hydrogens (tertiary/aromatic N) is 1. The lowest BCUT2D eigenvalue weighted by Gasteiger charge is -2.14. The van der Waals surface area contributed by atoms with Crippen LogP contribution in [0.2, 0.25) is 5.02 Å². The second-order valence-electron chi connectivity index (χ2n) is 4.15. The van der Waals surface area contributed by atoms with E-state index in [9.17, 15) is 4.79 Å². The summed E-state index contributed by atoms with van der Waals surface area (Å²) in [6.07, 6.45) is 0. The van der Waals surface area contributed by atoms with Crippen molar-refractivity contribution >= 4 is 34.0 Å². The van der Waals surface area contributed by atoms with Gasteiger partial charge in [0, 0.05) is 10.4 Å². The first-order chi connectivity index (χ1) is 9.61. The molecule has 20 heavy (non-hydrogen) atoms. The van der Waals surface area contributed by atoms with Crippen LogP contribution in [0, 0.1) is 0 Å². The van der Waals surface area contributed by atoms with Gasteiger partial charge in [-0.05, 0) is 25.5 Å². The van der Waals surface area contributed by atoms with Crippen molar-refractivity contribution < 1.29 is 9.53 Å². The van der Waals surface area contributed by atoms with Gasteiger partial charge in [-0.1, -0.05) is 29.8 Å². The van der Waals surface area contributed by atoms with Crippen LogP contribution >= 0.6 is 22.9 Å². The number of esters is 1. The third-order valence-electron chi connectivity index (χ3n) is 2.70. The monoisotopic (exact) mass is 310 g/mol. The van der Waals surface area contributed by atoms with Gasteiger partial charge in [0.05, 0.1) is 12.6 Å². The molecular weight excluding hydrogens is 296 g/mol. The van der Waals surface area contributed by atoms with E-state index >= 15 is 0 Å². The summed E-state index contributed by atoms with van der Waals surface area (Å²) >= 11 is 7.52. The maximum absolute atomic E-state index is 11.5. The molecule has 0 spiro atoms. The number of aromatic nitrogens is 1. The quantitative estimate of drug-likeness (QED) is 0.843. The first-order valence-corrected chi connectivity index (χ1v) is 7.51. The summed E-state index contributed by atoms with van der Waals surface area (Å²) in [5, 5.41) is 6.28. The number of ether oxygens (including phenoxy) is 1. The van der Waals surface area contributed by atoms with Crippen LogP contribution in [0.25, 0.3) is 0 Å². The second-order valence-corrected chi connectivity index (χ2v) is 5.41. The molecule has 106 valence electrons. The molecule has 2 rings (SSSR count). The maximum atomic E-state index is 11.5. The molecule has 0 saturated heterocycles. The van der Waals surface area contributed by atoms with Gasteiger partial charge >= 0.3 is 5.97 Å². The fraction of sp³-hybridized carbons (Fsp3) is 0.286. The van der Waals surface area contributed by atoms with Gasteiger partial charge in [-0.2, -0.15) is 0 Å². The van der Waals surface area contributed by atoms with Gasteiger partial charge in [-0.3, -0.25) is 0 Å². The second kappa shape index (κ2) is 6.72. The lowest BCUT2D eigenvalue weighted by atomic mass is 10.1. The zero-order chi connectivity index (χ0) is 14.5. The standard InChI is InChI=1S/C14H15ClN2O2S/c1-3-19-13(18)12-8-20-14(17-12)16-9(2)10-6-4-5-7-11(10)15/h4-9H,3H2,1-2H3,(H,16,17). The number of carbonyl (C=O) groups excluding carboxylic acids is 1. The highest BCUT2D eigenvalue weighted by atomic mass is 35.5. The van der Waals surface area contributed by atoms with Crippen molar-refractivity contribution in [2.45, 2.75) is 19.9 Å². The Morgan fingerprint density at radius 1 is 1.50 bits per heavy atom. The van der Waals surface area contributed by atoms with E-state index in [0.29, 0.717) is 22.5 Å². The minimum Gasteiger partial charge on any atom is -0.461 e. The Hall–Kier alpha value is -1.59. The van der Waals surface area contributed by atoms with Crippen molar-refractivity contribution in [3.63, 3.8) is 0 Å². The average Bonchev–Trinajstić information content (AvgIpc) is 2.88. The molecule has 0 saturated carbocycles. The molecule has 0 bridgehead atoms. The van der Waals surface area contributed by atoms with Crippen LogP contribution in [-0.4, -0.2) is 17.6 Å². The predicted molar refractivity (Wildman–Crippen MR) is 81.6 cm³/mol. The topological polar surface area (TPSA) is 51.2 Å². The van der Waals surface area contributed by atoms with E-state index in [0.717, 1.165) is 5.56 Å². The molecule has 0 amide bonds. The van der Waals surface area contributed by atoms with E-state index in [4.69, 9.17) is 16.3 Å². The average molecular weight is 311 g/mol. The van der Waals surface area contributed by atoms with Crippen molar-refractivity contribution in [2.75, 3.05) is 11.9 Å². The fourth-order valence-corrected chi connectivity index (χ4v) is 2.80. The Balaban J connectivity index is 2.07. The molecule has 1 aromatic carbocycles. The number of carbonyl (C=O) groups is 1. The zero-order valence-corrected chi connectivity index (χ0v) is 12.8. The smallest absolute Gasteiger partial charge is 0.357 e. The minimum atomic E-state index is -0.401. The molecule has 0 aliphatic heterocycles. The number of hydrogen-bond acceptors (Lipinski definition) is 5. The van der Waals surface area contributed by atoms with Gasteiger partial charge in [0.2, 0.25) is 0 Å². The maximum Gasteiger partial charge on any atom is 0.357 e. The number of benzene rings is 1. The molecule has 0 aliphatic rings. The molecule has 1 heterocycles. The van der Waals surface area contributed by atoms with Crippen LogP contribution in [0.3, 0.4) is 0 Å². The van der Waals surface area contributed by atoms with Gasteiger partial charge in [0.1, 0.15) is 0 Å². The number of rotatable bonds is 5. The van der Waals surface area contributed by atoms with Crippen molar-refractivity contribution in [1.29, 1.82) is 0 Å². The molecule has 1 unspecified atom stereocenters. The SMILES string of the molecule is CCOC(=O)c1csc(NC(C)c2ccccc2Cl)n1. The van der Waals surface area contributed by atoms with Crippen molar-refractivity contribution in [2.24, 2.45) is 0 Å². The largest absolute Gasteiger partial charge is 0.461 e. The summed E-state index contributed by atoms with van der Waals surface area (Å²) in [6.45, 7) is 4.10. The molecule has 0 fully saturated rings. The molecule has 0 aliphatic carbocycles. The highest BCUT2D eigenvalue weighted by Gasteiger charge is 2.14. The van der Waals surface area contributed by atoms with Gasteiger partial charge in [0.25, 0.3) is 0 Å². The first-order valence-electron chi connectivity index (χ1n) is 6.25. The van der Waals surface area contributed by atoms with Crippen LogP contribution in [-0.2, 0) is 4.74 Å². The summed E-state index contributed by atoms with van der Waals surface area (Å²) < 4.78 is 4.91. The number of nitrogens with one attached hydrogen (secondary N) is 1. The normalized spacial score (nSPS) is 11.9. The highest BCUT2D eigenvalue weighted by molar-refractivity contribution is 7.13. The van der Waals surface area contributed by atoms with Crippen molar-refractivity contribution in [1.82, 2.24) is 4.98 Å². The van der Waals surface area contributed by atoms with E-state index in [-0.39, 0.29) is 6.04 Å². The molecule has 4 nitrogen and oxygen atoms in total. The lowest BCUT2D eigenvalue weighted by Crippen LogP contribution is -2.08. The van der Waals surface area contributed by atoms with Gasteiger partial charge < -0.3 is 10.1 Å². The highest BCUT2D eigenvalue weighted by Crippen LogP contribution is 2.27. The number of thiazole rings is 1. The fourth-order valence-electron chi connectivity index (χ4n) is 1.73. The van der Waals surface area contributed by atoms with Crippen molar-refractivity contribution in [3.8, 4) is 0 Å². The van der Waals surface area contributed by atoms with Crippen LogP contribution in [0.15, 0.2) is 29.6 Å². The zero-order valence-electron chi connectivity index (χ0n) is 11.2. The van der Waals surface area contributed by atoms with E-state index in [1.165, 1.54) is 11.3 Å². The molecule has 2 aromatic rings. The summed E-state index contributed by atoms with van der Waals surface area (Å²) in [4.78, 5) is 15.8. The number of hydrogen-bond donors (Lipinski definition) is 1. The van der Waals surface area contributed by atoms with Crippen LogP contribution in [0.5, 0.6) is 0 Å². The molecule has 6 heteroatoms. The lowest BCUT2D eigenvalue weighted by molar-refractivity contribution is 0.0520. The molecule has 1 aromatic heterocycles. The Labute approximate surface area is 126 Å². The van der Waals surface area contributed by atoms with E-state index < -0.39 is 5.97 Å². The van der Waals surface area contributed by atoms with Crippen LogP contribution < -0.4 is 5.32 Å². The van der Waals surface area contributed by atoms with Gasteiger partial charge in [-0.25, -0.2) is 9.78 Å². The van der Waals surface area contributed by atoms with Gasteiger partial charge in [0.15, 0.2) is 10.8 Å². The van der Waals surface area contributed by atoms with E-state index in [2.05, 4.69) is 10.3 Å². The predicted octanol–water partition coefficient (Wildman–Crippen LogP) is 4.15. The summed E-state index contributed by atoms with van der Waals surface area (Å²) in [7, 11) is 0. The van der Waals surface area contributed by atoms with Crippen LogP contribution in [0.1, 0.15) is 35.9 Å². The molecule has 1 atom stereocenters. The Morgan fingerprint density at radius 3 is 2.95 bits per heavy atom. The Bertz CT molecular complexity index is 600. The molecule has 1 N–H and O–H groups in total. The first kappa shape index (κ1) is 14.8. The third-order valence-corrected chi connectivity index (χ3v) is 3.82. The van der Waals surface area contributed by atoms with E-state index in [1.807, 2.05) is 31.2 Å². The Kier molecular flexibility index (Phi) is 4.98. The number of halogens is 1. The minimum absolute atomic E-state index is 0.00453. The van der Waals surface area contributed by atoms with Gasteiger partial charge in [-0.15, -0.1) is 11.3 Å². The van der Waals surface area contributed by atoms with Crippen LogP contribution in [0.4, 0.5) is 5.13 Å². The van der Waals surface area contributed by atoms with E-state index in [1.54, 1.807) is 12.3 Å². The van der Waals surface area contributed by atoms with Crippen molar-refractivity contribution in [3.05, 3.63) is 45.9 Å². The summed E-state index contributed by atoms with van der Waals surface area (Å²) in [6, 6.07) is 7.64. The summed E-state index contributed by atoms with van der Waals surface area (Å²) in [5.74, 6) is -0.401. The Morgan fingerprint density at radius 2 is 2.25 bits per heavy atom. The third kappa shape index (κ3) is 3.49. The molecule has 0 radical (unpaired) electrons.